The first-order valence-corrected chi connectivity index (χ1v) is 6.43. The molecular formula is C13H29ClN2O. The first-order chi connectivity index (χ1) is 7.57. The van der Waals surface area contributed by atoms with Crippen LogP contribution in [-0.2, 0) is 4.74 Å². The van der Waals surface area contributed by atoms with E-state index in [9.17, 15) is 0 Å². The van der Waals surface area contributed by atoms with Crippen LogP contribution in [0.4, 0.5) is 0 Å². The molecule has 1 heterocycles. The number of likely N-dealkylation sites (tertiary alicyclic amines) is 1. The normalized spacial score (nSPS) is 19.1. The van der Waals surface area contributed by atoms with Crippen molar-refractivity contribution in [3.05, 3.63) is 0 Å². The number of nitrogens with one attached hydrogen (secondary N) is 1. The highest BCUT2D eigenvalue weighted by atomic mass is 35.5. The maximum absolute atomic E-state index is 5.27. The maximum Gasteiger partial charge on any atom is 0.0525 e. The summed E-state index contributed by atoms with van der Waals surface area (Å²) in [5.41, 5.74) is 0.282. The van der Waals surface area contributed by atoms with Gasteiger partial charge in [-0.25, -0.2) is 0 Å². The van der Waals surface area contributed by atoms with Crippen molar-refractivity contribution in [2.75, 3.05) is 46.9 Å². The summed E-state index contributed by atoms with van der Waals surface area (Å²) in [6.45, 7) is 10.3. The predicted molar refractivity (Wildman–Crippen MR) is 76.0 cm³/mol. The molecular weight excluding hydrogens is 236 g/mol. The van der Waals surface area contributed by atoms with E-state index >= 15 is 0 Å². The van der Waals surface area contributed by atoms with E-state index < -0.39 is 0 Å². The summed E-state index contributed by atoms with van der Waals surface area (Å²) >= 11 is 0. The second-order valence-corrected chi connectivity index (χ2v) is 5.87. The van der Waals surface area contributed by atoms with Gasteiger partial charge in [0.15, 0.2) is 0 Å². The van der Waals surface area contributed by atoms with Gasteiger partial charge >= 0.3 is 0 Å². The average molecular weight is 265 g/mol. The van der Waals surface area contributed by atoms with Crippen molar-refractivity contribution in [2.24, 2.45) is 11.3 Å². The minimum Gasteiger partial charge on any atom is -0.384 e. The summed E-state index contributed by atoms with van der Waals surface area (Å²) in [6.07, 6.45) is 2.67. The topological polar surface area (TPSA) is 24.5 Å². The van der Waals surface area contributed by atoms with Gasteiger partial charge in [-0.1, -0.05) is 13.8 Å². The highest BCUT2D eigenvalue weighted by Gasteiger charge is 2.25. The second-order valence-electron chi connectivity index (χ2n) is 5.87. The molecule has 0 aromatic rings. The van der Waals surface area contributed by atoms with Gasteiger partial charge < -0.3 is 15.0 Å². The fourth-order valence-electron chi connectivity index (χ4n) is 2.68. The lowest BCUT2D eigenvalue weighted by Crippen LogP contribution is -2.42. The Kier molecular flexibility index (Phi) is 8.39. The third kappa shape index (κ3) is 6.61. The van der Waals surface area contributed by atoms with Crippen LogP contribution in [0.2, 0.25) is 0 Å². The summed E-state index contributed by atoms with van der Waals surface area (Å²) in [4.78, 5) is 2.59. The third-order valence-corrected chi connectivity index (χ3v) is 3.39. The lowest BCUT2D eigenvalue weighted by atomic mass is 9.91. The number of methoxy groups -OCH3 is 1. The SMILES string of the molecule is CNCC1CCN(CC(C)(C)COC)CC1.Cl. The van der Waals surface area contributed by atoms with Crippen LogP contribution in [0, 0.1) is 11.3 Å². The third-order valence-electron chi connectivity index (χ3n) is 3.39. The largest absolute Gasteiger partial charge is 0.384 e. The van der Waals surface area contributed by atoms with E-state index in [0.29, 0.717) is 0 Å². The van der Waals surface area contributed by atoms with Gasteiger partial charge in [-0.2, -0.15) is 0 Å². The molecule has 1 N–H and O–H groups in total. The lowest BCUT2D eigenvalue weighted by Gasteiger charge is -2.37. The first kappa shape index (κ1) is 17.2. The lowest BCUT2D eigenvalue weighted by molar-refractivity contribution is 0.0568. The first-order valence-electron chi connectivity index (χ1n) is 6.43. The van der Waals surface area contributed by atoms with Gasteiger partial charge in [0.05, 0.1) is 6.61 Å². The number of hydrogen-bond acceptors (Lipinski definition) is 3. The molecule has 3 nitrogen and oxygen atoms in total. The molecule has 0 amide bonds. The average Bonchev–Trinajstić information content (AvgIpc) is 2.21. The molecule has 0 spiro atoms. The fourth-order valence-corrected chi connectivity index (χ4v) is 2.68. The van der Waals surface area contributed by atoms with Crippen LogP contribution in [-0.4, -0.2) is 51.8 Å². The molecule has 0 saturated carbocycles. The van der Waals surface area contributed by atoms with E-state index in [1.165, 1.54) is 32.5 Å². The number of hydrogen-bond donors (Lipinski definition) is 1. The summed E-state index contributed by atoms with van der Waals surface area (Å²) in [5, 5.41) is 3.28. The Balaban J connectivity index is 0.00000256. The zero-order valence-electron chi connectivity index (χ0n) is 11.8. The zero-order chi connectivity index (χ0) is 12.0. The number of piperidine rings is 1. The highest BCUT2D eigenvalue weighted by Crippen LogP contribution is 2.22. The Morgan fingerprint density at radius 3 is 2.35 bits per heavy atom. The van der Waals surface area contributed by atoms with Crippen molar-refractivity contribution in [2.45, 2.75) is 26.7 Å². The van der Waals surface area contributed by atoms with Crippen LogP contribution in [0.15, 0.2) is 0 Å². The van der Waals surface area contributed by atoms with Crippen LogP contribution >= 0.6 is 12.4 Å². The summed E-state index contributed by atoms with van der Waals surface area (Å²) in [5.74, 6) is 0.881. The molecule has 1 aliphatic rings. The Morgan fingerprint density at radius 2 is 1.88 bits per heavy atom. The molecule has 0 aromatic heterocycles. The zero-order valence-corrected chi connectivity index (χ0v) is 12.6. The quantitative estimate of drug-likeness (QED) is 0.794. The van der Waals surface area contributed by atoms with Crippen molar-refractivity contribution in [1.82, 2.24) is 10.2 Å². The number of halogens is 1. The maximum atomic E-state index is 5.27. The summed E-state index contributed by atoms with van der Waals surface area (Å²) in [6, 6.07) is 0. The van der Waals surface area contributed by atoms with Crippen LogP contribution in [0.1, 0.15) is 26.7 Å². The molecule has 0 radical (unpaired) electrons. The van der Waals surface area contributed by atoms with Crippen molar-refractivity contribution in [3.63, 3.8) is 0 Å². The van der Waals surface area contributed by atoms with Gasteiger partial charge in [0.2, 0.25) is 0 Å². The van der Waals surface area contributed by atoms with Gasteiger partial charge in [-0.15, -0.1) is 12.4 Å². The molecule has 0 atom stereocenters. The van der Waals surface area contributed by atoms with Crippen LogP contribution < -0.4 is 5.32 Å². The van der Waals surface area contributed by atoms with Crippen molar-refractivity contribution < 1.29 is 4.74 Å². The summed E-state index contributed by atoms with van der Waals surface area (Å²) < 4.78 is 5.27. The summed E-state index contributed by atoms with van der Waals surface area (Å²) in [7, 11) is 3.84. The Morgan fingerprint density at radius 1 is 1.29 bits per heavy atom. The van der Waals surface area contributed by atoms with Gasteiger partial charge in [-0.05, 0) is 45.4 Å². The number of ether oxygens (including phenoxy) is 1. The number of nitrogens with zero attached hydrogens (tertiary/aromatic N) is 1. The Labute approximate surface area is 113 Å². The predicted octanol–water partition coefficient (Wildman–Crippen LogP) is 2.01. The molecule has 4 heteroatoms. The minimum atomic E-state index is 0. The minimum absolute atomic E-state index is 0. The van der Waals surface area contributed by atoms with Crippen molar-refractivity contribution >= 4 is 12.4 Å². The van der Waals surface area contributed by atoms with E-state index in [2.05, 4.69) is 24.1 Å². The smallest absolute Gasteiger partial charge is 0.0525 e. The van der Waals surface area contributed by atoms with Crippen molar-refractivity contribution in [3.8, 4) is 0 Å². The van der Waals surface area contributed by atoms with Gasteiger partial charge in [0.25, 0.3) is 0 Å². The molecule has 104 valence electrons. The van der Waals surface area contributed by atoms with E-state index in [0.717, 1.165) is 19.1 Å². The standard InChI is InChI=1S/C13H28N2O.ClH/c1-13(2,11-16-4)10-15-7-5-12(6-8-15)9-14-3;/h12,14H,5-11H2,1-4H3;1H. The van der Waals surface area contributed by atoms with Gasteiger partial charge in [0.1, 0.15) is 0 Å². The molecule has 1 rings (SSSR count). The molecule has 1 saturated heterocycles. The molecule has 1 fully saturated rings. The van der Waals surface area contributed by atoms with E-state index in [4.69, 9.17) is 4.74 Å². The van der Waals surface area contributed by atoms with E-state index in [1.54, 1.807) is 7.11 Å². The van der Waals surface area contributed by atoms with E-state index in [-0.39, 0.29) is 17.8 Å². The van der Waals surface area contributed by atoms with Gasteiger partial charge in [0, 0.05) is 19.1 Å². The molecule has 1 aliphatic heterocycles. The highest BCUT2D eigenvalue weighted by molar-refractivity contribution is 5.85. The monoisotopic (exact) mass is 264 g/mol. The Bertz CT molecular complexity index is 192. The molecule has 0 aliphatic carbocycles. The van der Waals surface area contributed by atoms with Crippen molar-refractivity contribution in [1.29, 1.82) is 0 Å². The molecule has 0 unspecified atom stereocenters. The van der Waals surface area contributed by atoms with Crippen LogP contribution in [0.5, 0.6) is 0 Å². The van der Waals surface area contributed by atoms with Gasteiger partial charge in [-0.3, -0.25) is 0 Å². The fraction of sp³-hybridized carbons (Fsp3) is 1.00. The van der Waals surface area contributed by atoms with E-state index in [1.807, 2.05) is 7.05 Å². The second kappa shape index (κ2) is 8.30. The Hall–Kier alpha value is 0.170. The molecule has 17 heavy (non-hydrogen) atoms. The molecule has 0 bridgehead atoms. The number of rotatable bonds is 6. The van der Waals surface area contributed by atoms with Crippen LogP contribution in [0.3, 0.4) is 0 Å². The molecule has 0 aromatic carbocycles. The van der Waals surface area contributed by atoms with Crippen LogP contribution in [0.25, 0.3) is 0 Å².